The van der Waals surface area contributed by atoms with E-state index in [1.165, 1.54) is 0 Å². The fourth-order valence-electron chi connectivity index (χ4n) is 2.18. The van der Waals surface area contributed by atoms with Crippen LogP contribution in [0, 0.1) is 0 Å². The van der Waals surface area contributed by atoms with Crippen LogP contribution in [0.2, 0.25) is 0 Å². The largest absolute Gasteiger partial charge is 0.361 e. The molecular formula is C10H15NO2. The van der Waals surface area contributed by atoms with Gasteiger partial charge in [0.15, 0.2) is 0 Å². The van der Waals surface area contributed by atoms with Crippen molar-refractivity contribution in [1.29, 1.82) is 0 Å². The Labute approximate surface area is 78.4 Å². The Morgan fingerprint density at radius 3 is 3.15 bits per heavy atom. The molecule has 0 aromatic rings. The molecule has 3 heteroatoms. The van der Waals surface area contributed by atoms with Crippen LogP contribution in [0.25, 0.3) is 0 Å². The molecule has 2 heterocycles. The van der Waals surface area contributed by atoms with E-state index in [2.05, 4.69) is 11.0 Å². The lowest BCUT2D eigenvalue weighted by Crippen LogP contribution is -2.45. The summed E-state index contributed by atoms with van der Waals surface area (Å²) in [4.78, 5) is 13.4. The molecule has 0 aliphatic carbocycles. The van der Waals surface area contributed by atoms with Crippen LogP contribution in [0.4, 0.5) is 0 Å². The third-order valence-corrected chi connectivity index (χ3v) is 2.51. The molecule has 0 N–H and O–H groups in total. The second-order valence-electron chi connectivity index (χ2n) is 4.24. The van der Waals surface area contributed by atoms with E-state index in [-0.39, 0.29) is 11.7 Å². The molecule has 0 saturated carbocycles. The van der Waals surface area contributed by atoms with Gasteiger partial charge in [-0.15, -0.1) is 0 Å². The predicted molar refractivity (Wildman–Crippen MR) is 49.5 cm³/mol. The Morgan fingerprint density at radius 2 is 2.46 bits per heavy atom. The van der Waals surface area contributed by atoms with Crippen LogP contribution in [-0.2, 0) is 9.53 Å². The van der Waals surface area contributed by atoms with Crippen LogP contribution in [0.15, 0.2) is 12.2 Å². The average molecular weight is 181 g/mol. The summed E-state index contributed by atoms with van der Waals surface area (Å²) in [6, 6.07) is 0. The first-order valence-electron chi connectivity index (χ1n) is 4.63. The molecule has 0 aromatic carbocycles. The van der Waals surface area contributed by atoms with Gasteiger partial charge >= 0.3 is 0 Å². The van der Waals surface area contributed by atoms with Crippen LogP contribution in [-0.4, -0.2) is 43.0 Å². The van der Waals surface area contributed by atoms with E-state index in [1.807, 2.05) is 20.2 Å². The van der Waals surface area contributed by atoms with E-state index < -0.39 is 0 Å². The topological polar surface area (TPSA) is 29.5 Å². The number of hydrogen-bond donors (Lipinski definition) is 0. The fraction of sp³-hybridized carbons (Fsp3) is 0.700. The number of nitrogens with zero attached hydrogens (tertiary/aromatic N) is 1. The fourth-order valence-corrected chi connectivity index (χ4v) is 2.18. The third kappa shape index (κ3) is 1.67. The first kappa shape index (κ1) is 8.91. The van der Waals surface area contributed by atoms with Crippen molar-refractivity contribution in [2.24, 2.45) is 0 Å². The maximum absolute atomic E-state index is 11.4. The number of ether oxygens (including phenoxy) is 1. The van der Waals surface area contributed by atoms with Gasteiger partial charge in [-0.25, -0.2) is 0 Å². The van der Waals surface area contributed by atoms with Crippen molar-refractivity contribution in [3.05, 3.63) is 12.2 Å². The SMILES string of the molecule is CN(C)C[C@@]12C=C[C@H](CC(=O)C1)O2. The van der Waals surface area contributed by atoms with Gasteiger partial charge in [-0.05, 0) is 14.1 Å². The number of ketones is 1. The smallest absolute Gasteiger partial charge is 0.139 e. The number of carbonyl (C=O) groups excluding carboxylic acids is 1. The Kier molecular flexibility index (Phi) is 2.00. The first-order valence-corrected chi connectivity index (χ1v) is 4.63. The molecule has 2 atom stereocenters. The third-order valence-electron chi connectivity index (χ3n) is 2.51. The standard InChI is InChI=1S/C10H15NO2/c1-11(2)7-10-4-3-9(13-10)5-8(12)6-10/h3-4,9H,5-7H2,1-2H3/t9-,10-/m1/s1. The predicted octanol–water partition coefficient (Wildman–Crippen LogP) is 0.605. The summed E-state index contributed by atoms with van der Waals surface area (Å²) in [6.45, 7) is 0.797. The Morgan fingerprint density at radius 1 is 1.69 bits per heavy atom. The van der Waals surface area contributed by atoms with Gasteiger partial charge in [-0.2, -0.15) is 0 Å². The zero-order chi connectivity index (χ0) is 9.47. The number of carbonyl (C=O) groups is 1. The highest BCUT2D eigenvalue weighted by Gasteiger charge is 2.42. The van der Waals surface area contributed by atoms with Gasteiger partial charge in [-0.3, -0.25) is 4.79 Å². The van der Waals surface area contributed by atoms with Crippen LogP contribution in [0.3, 0.4) is 0 Å². The molecule has 2 aliphatic heterocycles. The monoisotopic (exact) mass is 181 g/mol. The maximum atomic E-state index is 11.4. The molecule has 1 fully saturated rings. The van der Waals surface area contributed by atoms with Gasteiger partial charge in [0.2, 0.25) is 0 Å². The highest BCUT2D eigenvalue weighted by molar-refractivity contribution is 5.82. The van der Waals surface area contributed by atoms with Crippen LogP contribution < -0.4 is 0 Å². The minimum atomic E-state index is -0.316. The summed E-state index contributed by atoms with van der Waals surface area (Å²) in [6.07, 6.45) is 5.22. The molecule has 3 nitrogen and oxygen atoms in total. The Bertz CT molecular complexity index is 260. The van der Waals surface area contributed by atoms with Crippen molar-refractivity contribution in [3.8, 4) is 0 Å². The van der Waals surface area contributed by atoms with E-state index in [0.717, 1.165) is 6.54 Å². The summed E-state index contributed by atoms with van der Waals surface area (Å²) in [5.41, 5.74) is -0.316. The highest BCUT2D eigenvalue weighted by atomic mass is 16.5. The molecule has 0 amide bonds. The zero-order valence-electron chi connectivity index (χ0n) is 8.12. The van der Waals surface area contributed by atoms with Crippen molar-refractivity contribution < 1.29 is 9.53 Å². The van der Waals surface area contributed by atoms with E-state index in [9.17, 15) is 4.79 Å². The second-order valence-corrected chi connectivity index (χ2v) is 4.24. The molecule has 0 radical (unpaired) electrons. The van der Waals surface area contributed by atoms with E-state index in [1.54, 1.807) is 0 Å². The number of hydrogen-bond acceptors (Lipinski definition) is 3. The first-order chi connectivity index (χ1) is 6.10. The zero-order valence-corrected chi connectivity index (χ0v) is 8.12. The summed E-state index contributed by atoms with van der Waals surface area (Å²) < 4.78 is 5.79. The number of likely N-dealkylation sites (N-methyl/N-ethyl adjacent to an activating group) is 1. The molecule has 13 heavy (non-hydrogen) atoms. The van der Waals surface area contributed by atoms with Crippen molar-refractivity contribution >= 4 is 5.78 Å². The number of rotatable bonds is 2. The summed E-state index contributed by atoms with van der Waals surface area (Å²) in [7, 11) is 4.00. The van der Waals surface area contributed by atoms with Crippen molar-refractivity contribution in [1.82, 2.24) is 4.90 Å². The van der Waals surface area contributed by atoms with Crippen LogP contribution in [0.5, 0.6) is 0 Å². The summed E-state index contributed by atoms with van der Waals surface area (Å²) >= 11 is 0. The highest BCUT2D eigenvalue weighted by Crippen LogP contribution is 2.34. The van der Waals surface area contributed by atoms with Gasteiger partial charge in [0.25, 0.3) is 0 Å². The molecule has 72 valence electrons. The quantitative estimate of drug-likeness (QED) is 0.584. The van der Waals surface area contributed by atoms with Crippen molar-refractivity contribution in [3.63, 3.8) is 0 Å². The van der Waals surface area contributed by atoms with Crippen LogP contribution >= 0.6 is 0 Å². The molecule has 2 aliphatic rings. The van der Waals surface area contributed by atoms with Crippen molar-refractivity contribution in [2.45, 2.75) is 24.5 Å². The number of Topliss-reactive ketones (excluding diaryl/α,β-unsaturated/α-hetero) is 1. The Hall–Kier alpha value is -0.670. The minimum absolute atomic E-state index is 0.0428. The molecule has 0 unspecified atom stereocenters. The lowest BCUT2D eigenvalue weighted by atomic mass is 9.94. The lowest BCUT2D eigenvalue weighted by Gasteiger charge is -2.34. The van der Waals surface area contributed by atoms with Gasteiger partial charge in [0.05, 0.1) is 6.10 Å². The molecular weight excluding hydrogens is 166 g/mol. The second kappa shape index (κ2) is 2.93. The molecule has 2 bridgehead atoms. The van der Waals surface area contributed by atoms with E-state index in [4.69, 9.17) is 4.74 Å². The average Bonchev–Trinajstić information content (AvgIpc) is 2.24. The van der Waals surface area contributed by atoms with Gasteiger partial charge in [-0.1, -0.05) is 12.2 Å². The minimum Gasteiger partial charge on any atom is -0.361 e. The van der Waals surface area contributed by atoms with Crippen molar-refractivity contribution in [2.75, 3.05) is 20.6 Å². The number of fused-ring (bicyclic) bond motifs is 2. The molecule has 1 saturated heterocycles. The van der Waals surface area contributed by atoms with E-state index in [0.29, 0.717) is 18.6 Å². The van der Waals surface area contributed by atoms with Gasteiger partial charge < -0.3 is 9.64 Å². The summed E-state index contributed by atoms with van der Waals surface area (Å²) in [5, 5.41) is 0. The molecule has 0 aromatic heterocycles. The maximum Gasteiger partial charge on any atom is 0.139 e. The molecule has 2 rings (SSSR count). The van der Waals surface area contributed by atoms with Gasteiger partial charge in [0, 0.05) is 19.4 Å². The lowest BCUT2D eigenvalue weighted by molar-refractivity contribution is -0.138. The normalized spacial score (nSPS) is 37.5. The molecule has 0 spiro atoms. The summed E-state index contributed by atoms with van der Waals surface area (Å²) in [5.74, 6) is 0.322. The van der Waals surface area contributed by atoms with Crippen LogP contribution in [0.1, 0.15) is 12.8 Å². The Balaban J connectivity index is 2.13. The van der Waals surface area contributed by atoms with Gasteiger partial charge in [0.1, 0.15) is 11.4 Å². The van der Waals surface area contributed by atoms with E-state index >= 15 is 0 Å².